The number of halogens is 1. The molecule has 1 aliphatic rings. The van der Waals surface area contributed by atoms with Crippen LogP contribution in [0.5, 0.6) is 5.75 Å². The zero-order valence-electron chi connectivity index (χ0n) is 17.1. The number of nitrogens with one attached hydrogen (secondary N) is 1. The third-order valence-corrected chi connectivity index (χ3v) is 4.94. The van der Waals surface area contributed by atoms with E-state index in [9.17, 15) is 18.8 Å². The number of amides is 1. The second kappa shape index (κ2) is 9.39. The van der Waals surface area contributed by atoms with Gasteiger partial charge in [0.2, 0.25) is 0 Å². The van der Waals surface area contributed by atoms with Crippen molar-refractivity contribution in [3.05, 3.63) is 107 Å². The fraction of sp³-hybridized carbons (Fsp3) is 0.115. The van der Waals surface area contributed by atoms with Crippen molar-refractivity contribution in [2.24, 2.45) is 0 Å². The molecule has 5 nitrogen and oxygen atoms in total. The Morgan fingerprint density at radius 2 is 1.38 bits per heavy atom. The number of ether oxygens (including phenoxy) is 1. The van der Waals surface area contributed by atoms with Crippen molar-refractivity contribution in [1.29, 1.82) is 0 Å². The van der Waals surface area contributed by atoms with Crippen molar-refractivity contribution in [2.75, 3.05) is 0 Å². The topological polar surface area (TPSA) is 72.5 Å². The Kier molecular flexibility index (Phi) is 6.22. The summed E-state index contributed by atoms with van der Waals surface area (Å²) in [5.74, 6) is -1.03. The monoisotopic (exact) mass is 429 g/mol. The van der Waals surface area contributed by atoms with Gasteiger partial charge in [-0.05, 0) is 85.1 Å². The van der Waals surface area contributed by atoms with E-state index in [4.69, 9.17) is 4.74 Å². The highest BCUT2D eigenvalue weighted by Crippen LogP contribution is 2.20. The Bertz CT molecular complexity index is 1160. The van der Waals surface area contributed by atoms with Crippen LogP contribution < -0.4 is 10.1 Å². The molecule has 3 aromatic rings. The molecular weight excluding hydrogens is 409 g/mol. The van der Waals surface area contributed by atoms with Crippen LogP contribution in [0.4, 0.5) is 4.39 Å². The van der Waals surface area contributed by atoms with E-state index in [0.29, 0.717) is 28.5 Å². The number of hydrogen-bond donors (Lipinski definition) is 1. The quantitative estimate of drug-likeness (QED) is 0.259. The second-order valence-corrected chi connectivity index (χ2v) is 7.48. The summed E-state index contributed by atoms with van der Waals surface area (Å²) in [4.78, 5) is 36.5. The van der Waals surface area contributed by atoms with Gasteiger partial charge in [0.05, 0.1) is 0 Å². The van der Waals surface area contributed by atoms with E-state index in [2.05, 4.69) is 5.32 Å². The lowest BCUT2D eigenvalue weighted by molar-refractivity contribution is -0.128. The molecule has 0 saturated heterocycles. The van der Waals surface area contributed by atoms with E-state index in [1.54, 1.807) is 42.5 Å². The van der Waals surface area contributed by atoms with Gasteiger partial charge in [0.1, 0.15) is 11.6 Å². The minimum atomic E-state index is -0.571. The lowest BCUT2D eigenvalue weighted by Crippen LogP contribution is -2.25. The van der Waals surface area contributed by atoms with Crippen molar-refractivity contribution in [2.45, 2.75) is 18.9 Å². The Hall–Kier alpha value is -4.06. The van der Waals surface area contributed by atoms with Gasteiger partial charge in [0.15, 0.2) is 5.78 Å². The molecule has 1 N–H and O–H groups in total. The number of carbonyl (C=O) groups is 3. The van der Waals surface area contributed by atoms with Crippen molar-refractivity contribution >= 4 is 23.7 Å². The van der Waals surface area contributed by atoms with Crippen LogP contribution in [-0.2, 0) is 4.79 Å². The van der Waals surface area contributed by atoms with Crippen LogP contribution >= 0.6 is 0 Å². The smallest absolute Gasteiger partial charge is 0.336 e. The van der Waals surface area contributed by atoms with E-state index in [0.717, 1.165) is 18.4 Å². The lowest BCUT2D eigenvalue weighted by atomic mass is 10.0. The number of rotatable bonds is 7. The first kappa shape index (κ1) is 21.2. The molecule has 0 spiro atoms. The second-order valence-electron chi connectivity index (χ2n) is 7.48. The summed E-state index contributed by atoms with van der Waals surface area (Å²) >= 11 is 0. The molecule has 6 heteroatoms. The minimum absolute atomic E-state index is 0.0937. The summed E-state index contributed by atoms with van der Waals surface area (Å²) in [5.41, 5.74) is 2.10. The summed E-state index contributed by atoms with van der Waals surface area (Å²) in [6.07, 6.45) is 4.94. The molecule has 0 aromatic heterocycles. The van der Waals surface area contributed by atoms with Gasteiger partial charge in [-0.2, -0.15) is 0 Å². The molecule has 0 heterocycles. The number of benzene rings is 3. The van der Waals surface area contributed by atoms with Crippen LogP contribution in [-0.4, -0.2) is 23.7 Å². The largest absolute Gasteiger partial charge is 0.423 e. The van der Waals surface area contributed by atoms with E-state index < -0.39 is 11.8 Å². The molecule has 0 aliphatic heterocycles. The Balaban J connectivity index is 1.32. The first-order valence-electron chi connectivity index (χ1n) is 10.2. The van der Waals surface area contributed by atoms with Gasteiger partial charge < -0.3 is 10.1 Å². The summed E-state index contributed by atoms with van der Waals surface area (Å²) in [7, 11) is 0. The molecule has 1 fully saturated rings. The van der Waals surface area contributed by atoms with E-state index in [1.165, 1.54) is 42.5 Å². The van der Waals surface area contributed by atoms with E-state index >= 15 is 0 Å². The fourth-order valence-electron chi connectivity index (χ4n) is 3.00. The maximum absolute atomic E-state index is 13.0. The van der Waals surface area contributed by atoms with Gasteiger partial charge in [-0.3, -0.25) is 9.59 Å². The fourth-order valence-corrected chi connectivity index (χ4v) is 3.00. The summed E-state index contributed by atoms with van der Waals surface area (Å²) in [6, 6.07) is 18.6. The molecule has 4 rings (SSSR count). The molecule has 32 heavy (non-hydrogen) atoms. The van der Waals surface area contributed by atoms with Gasteiger partial charge in [0.25, 0.3) is 5.91 Å². The number of ketones is 1. The average molecular weight is 429 g/mol. The van der Waals surface area contributed by atoms with Crippen LogP contribution in [0.3, 0.4) is 0 Å². The highest BCUT2D eigenvalue weighted by molar-refractivity contribution is 6.09. The Labute approximate surface area is 184 Å². The Morgan fingerprint density at radius 3 is 1.97 bits per heavy atom. The normalized spacial score (nSPS) is 13.0. The molecule has 0 bridgehead atoms. The third-order valence-electron chi connectivity index (χ3n) is 4.94. The predicted molar refractivity (Wildman–Crippen MR) is 118 cm³/mol. The van der Waals surface area contributed by atoms with Crippen molar-refractivity contribution in [3.8, 4) is 5.75 Å². The summed E-state index contributed by atoms with van der Waals surface area (Å²) in [6.45, 7) is 0. The standard InChI is InChI=1S/C26H20FNO4/c27-21-10-6-18(7-11-21)25(30)19-8-14-23(15-9-19)32-24(29)16-3-17-1-4-20(5-2-17)26(31)28-22-12-13-22/h1-11,14-16,22H,12-13H2,(H,28,31)/b16-3+. The van der Waals surface area contributed by atoms with Crippen LogP contribution in [0.2, 0.25) is 0 Å². The van der Waals surface area contributed by atoms with Gasteiger partial charge in [-0.1, -0.05) is 12.1 Å². The van der Waals surface area contributed by atoms with Gasteiger partial charge in [0, 0.05) is 28.8 Å². The molecular formula is C26H20FNO4. The molecule has 0 radical (unpaired) electrons. The van der Waals surface area contributed by atoms with E-state index in [1.807, 2.05) is 0 Å². The van der Waals surface area contributed by atoms with Crippen molar-refractivity contribution < 1.29 is 23.5 Å². The zero-order valence-corrected chi connectivity index (χ0v) is 17.1. The van der Waals surface area contributed by atoms with Gasteiger partial charge in [-0.15, -0.1) is 0 Å². The minimum Gasteiger partial charge on any atom is -0.423 e. The maximum Gasteiger partial charge on any atom is 0.336 e. The molecule has 1 saturated carbocycles. The molecule has 0 unspecified atom stereocenters. The predicted octanol–water partition coefficient (Wildman–Crippen LogP) is 4.57. The first-order chi connectivity index (χ1) is 15.5. The van der Waals surface area contributed by atoms with E-state index in [-0.39, 0.29) is 11.7 Å². The van der Waals surface area contributed by atoms with Gasteiger partial charge >= 0.3 is 5.97 Å². The highest BCUT2D eigenvalue weighted by atomic mass is 19.1. The highest BCUT2D eigenvalue weighted by Gasteiger charge is 2.23. The third kappa shape index (κ3) is 5.55. The van der Waals surface area contributed by atoms with Crippen LogP contribution in [0.15, 0.2) is 78.9 Å². The molecule has 3 aromatic carbocycles. The van der Waals surface area contributed by atoms with Crippen molar-refractivity contribution in [1.82, 2.24) is 5.32 Å². The SMILES string of the molecule is O=C(/C=C/c1ccc(C(=O)NC2CC2)cc1)Oc1ccc(C(=O)c2ccc(F)cc2)cc1. The van der Waals surface area contributed by atoms with Gasteiger partial charge in [-0.25, -0.2) is 9.18 Å². The molecule has 1 amide bonds. The Morgan fingerprint density at radius 1 is 0.812 bits per heavy atom. The molecule has 160 valence electrons. The summed E-state index contributed by atoms with van der Waals surface area (Å²) < 4.78 is 18.3. The lowest BCUT2D eigenvalue weighted by Gasteiger charge is -2.04. The average Bonchev–Trinajstić information content (AvgIpc) is 3.62. The van der Waals surface area contributed by atoms with Crippen LogP contribution in [0.25, 0.3) is 6.08 Å². The number of carbonyl (C=O) groups excluding carboxylic acids is 3. The first-order valence-corrected chi connectivity index (χ1v) is 10.2. The zero-order chi connectivity index (χ0) is 22.5. The molecule has 1 aliphatic carbocycles. The number of hydrogen-bond acceptors (Lipinski definition) is 4. The van der Waals surface area contributed by atoms with Crippen molar-refractivity contribution in [3.63, 3.8) is 0 Å². The molecule has 0 atom stereocenters. The summed E-state index contributed by atoms with van der Waals surface area (Å²) in [5, 5.41) is 2.92. The van der Waals surface area contributed by atoms with Crippen LogP contribution in [0, 0.1) is 5.82 Å². The maximum atomic E-state index is 13.0. The number of esters is 1. The van der Waals surface area contributed by atoms with Crippen LogP contribution in [0.1, 0.15) is 44.7 Å².